The van der Waals surface area contributed by atoms with Crippen molar-refractivity contribution in [2.75, 3.05) is 11.6 Å². The Morgan fingerprint density at radius 3 is 2.83 bits per heavy atom. The Labute approximate surface area is 204 Å². The topological polar surface area (TPSA) is 143 Å². The second-order valence-electron chi connectivity index (χ2n) is 9.05. The number of rotatable bonds is 8. The maximum atomic E-state index is 12.4. The number of ether oxygens (including phenoxy) is 1. The van der Waals surface area contributed by atoms with Crippen LogP contribution in [0.3, 0.4) is 0 Å². The molecule has 0 saturated heterocycles. The number of carbonyl (C=O) groups excluding carboxylic acids is 1. The minimum atomic E-state index is -4.37. The van der Waals surface area contributed by atoms with Crippen LogP contribution >= 0.6 is 0 Å². The molecule has 0 radical (unpaired) electrons. The normalized spacial score (nSPS) is 19.4. The molecule has 36 heavy (non-hydrogen) atoms. The van der Waals surface area contributed by atoms with Gasteiger partial charge in [-0.3, -0.25) is 5.10 Å². The largest absolute Gasteiger partial charge is 0.446 e. The van der Waals surface area contributed by atoms with Crippen molar-refractivity contribution in [3.8, 4) is 0 Å². The first-order chi connectivity index (χ1) is 16.8. The van der Waals surface area contributed by atoms with Gasteiger partial charge in [-0.15, -0.1) is 0 Å². The van der Waals surface area contributed by atoms with Crippen LogP contribution in [0.4, 0.5) is 29.6 Å². The van der Waals surface area contributed by atoms with Crippen LogP contribution in [-0.4, -0.2) is 63.9 Å². The van der Waals surface area contributed by atoms with E-state index in [-0.39, 0.29) is 11.7 Å². The lowest BCUT2D eigenvalue weighted by Gasteiger charge is -2.18. The first kappa shape index (κ1) is 25.7. The summed E-state index contributed by atoms with van der Waals surface area (Å²) in [5.41, 5.74) is 1.79. The van der Waals surface area contributed by atoms with Crippen molar-refractivity contribution in [2.24, 2.45) is 0 Å². The second kappa shape index (κ2) is 9.95. The third-order valence-corrected chi connectivity index (χ3v) is 6.51. The number of hydrogen-bond donors (Lipinski definition) is 3. The van der Waals surface area contributed by atoms with Crippen molar-refractivity contribution < 1.29 is 31.1 Å². The Morgan fingerprint density at radius 2 is 2.11 bits per heavy atom. The maximum Gasteiger partial charge on any atom is 0.407 e. The highest BCUT2D eigenvalue weighted by atomic mass is 32.2. The summed E-state index contributed by atoms with van der Waals surface area (Å²) in [5, 5.41) is 16.8. The van der Waals surface area contributed by atoms with Gasteiger partial charge >= 0.3 is 12.3 Å². The van der Waals surface area contributed by atoms with E-state index >= 15 is 0 Å². The lowest BCUT2D eigenvalue weighted by molar-refractivity contribution is -0.138. The molecule has 1 fully saturated rings. The first-order valence-corrected chi connectivity index (χ1v) is 13.3. The summed E-state index contributed by atoms with van der Waals surface area (Å²) < 4.78 is 67.3. The molecule has 3 aromatic heterocycles. The Bertz CT molecular complexity index is 1340. The number of nitrogens with zero attached hydrogens (tertiary/aromatic N) is 4. The molecule has 196 valence electrons. The van der Waals surface area contributed by atoms with Gasteiger partial charge in [0.1, 0.15) is 11.6 Å². The number of aromatic amines is 1. The average molecular weight is 530 g/mol. The van der Waals surface area contributed by atoms with Crippen LogP contribution in [0.1, 0.15) is 49.9 Å². The minimum Gasteiger partial charge on any atom is -0.446 e. The number of carbonyl (C=O) groups is 1. The molecular formula is C21H26F3N7O4S. The molecular weight excluding hydrogens is 503 g/mol. The number of H-pyrrole nitrogens is 1. The van der Waals surface area contributed by atoms with Crippen LogP contribution in [0.2, 0.25) is 0 Å². The predicted molar refractivity (Wildman–Crippen MR) is 124 cm³/mol. The Balaban J connectivity index is 1.35. The van der Waals surface area contributed by atoms with Gasteiger partial charge in [0.25, 0.3) is 0 Å². The molecule has 1 unspecified atom stereocenters. The van der Waals surface area contributed by atoms with Gasteiger partial charge in [0.05, 0.1) is 17.9 Å². The standard InChI is InChI=1S/C21H26F3N7O4S/c1-12(10-21(22,23)24)26-20(32)35-15-4-3-13(7-15)16-9-18(29-28-16)27-19-17-8-14(11-36(2,33)34)30-31(17)6-5-25-19/h5-6,8-9,12-13,15H,3-4,7,10-11H2,1-2H3,(H,26,32)(H2,25,27,28,29)/t12?,13-,15+/m0/s1. The lowest BCUT2D eigenvalue weighted by Crippen LogP contribution is -2.37. The van der Waals surface area contributed by atoms with Gasteiger partial charge in [-0.1, -0.05) is 0 Å². The minimum absolute atomic E-state index is 0.0264. The van der Waals surface area contributed by atoms with Gasteiger partial charge < -0.3 is 15.4 Å². The van der Waals surface area contributed by atoms with Gasteiger partial charge in [0, 0.05) is 42.4 Å². The fourth-order valence-corrected chi connectivity index (χ4v) is 4.93. The van der Waals surface area contributed by atoms with Gasteiger partial charge in [-0.05, 0) is 32.3 Å². The van der Waals surface area contributed by atoms with Crippen LogP contribution in [0.5, 0.6) is 0 Å². The molecule has 3 N–H and O–H groups in total. The van der Waals surface area contributed by atoms with E-state index in [2.05, 4.69) is 30.9 Å². The summed E-state index contributed by atoms with van der Waals surface area (Å²) in [7, 11) is -3.24. The summed E-state index contributed by atoms with van der Waals surface area (Å²) >= 11 is 0. The number of alkyl carbamates (subject to hydrolysis) is 1. The maximum absolute atomic E-state index is 12.4. The van der Waals surface area contributed by atoms with E-state index in [0.29, 0.717) is 42.1 Å². The van der Waals surface area contributed by atoms with Gasteiger partial charge in [0.2, 0.25) is 0 Å². The highest BCUT2D eigenvalue weighted by molar-refractivity contribution is 7.89. The van der Waals surface area contributed by atoms with E-state index in [4.69, 9.17) is 4.74 Å². The number of sulfone groups is 1. The highest BCUT2D eigenvalue weighted by Gasteiger charge is 2.33. The number of aromatic nitrogens is 5. The van der Waals surface area contributed by atoms with Crippen LogP contribution in [-0.2, 0) is 20.3 Å². The molecule has 4 rings (SSSR count). The van der Waals surface area contributed by atoms with Crippen LogP contribution in [0.15, 0.2) is 24.5 Å². The number of amides is 1. The molecule has 11 nitrogen and oxygen atoms in total. The smallest absolute Gasteiger partial charge is 0.407 e. The Hall–Kier alpha value is -3.36. The molecule has 1 amide bonds. The van der Waals surface area contributed by atoms with Crippen molar-refractivity contribution in [3.63, 3.8) is 0 Å². The summed E-state index contributed by atoms with van der Waals surface area (Å²) in [4.78, 5) is 16.3. The molecule has 3 aromatic rings. The summed E-state index contributed by atoms with van der Waals surface area (Å²) in [6, 6.07) is 2.37. The predicted octanol–water partition coefficient (Wildman–Crippen LogP) is 3.44. The van der Waals surface area contributed by atoms with Crippen molar-refractivity contribution in [1.82, 2.24) is 30.1 Å². The SMILES string of the molecule is CC(CC(F)(F)F)NC(=O)O[C@@H]1CC[C@H](c2cc(Nc3nccn4nc(CS(C)(=O)=O)cc34)n[nH]2)C1. The fraction of sp³-hybridized carbons (Fsp3) is 0.524. The molecule has 0 bridgehead atoms. The number of hydrogen-bond acceptors (Lipinski definition) is 8. The summed E-state index contributed by atoms with van der Waals surface area (Å²) in [6.45, 7) is 1.28. The summed E-state index contributed by atoms with van der Waals surface area (Å²) in [5.74, 6) is 0.767. The number of halogens is 3. The molecule has 1 aliphatic carbocycles. The van der Waals surface area contributed by atoms with Crippen LogP contribution in [0, 0.1) is 0 Å². The van der Waals surface area contributed by atoms with Crippen LogP contribution in [0.25, 0.3) is 5.52 Å². The molecule has 1 aliphatic rings. The number of anilines is 2. The monoisotopic (exact) mass is 529 g/mol. The molecule has 1 saturated carbocycles. The van der Waals surface area contributed by atoms with Crippen molar-refractivity contribution in [1.29, 1.82) is 0 Å². The van der Waals surface area contributed by atoms with E-state index in [9.17, 15) is 26.4 Å². The lowest BCUT2D eigenvalue weighted by atomic mass is 10.0. The van der Waals surface area contributed by atoms with E-state index < -0.39 is 40.7 Å². The quantitative estimate of drug-likeness (QED) is 0.403. The van der Waals surface area contributed by atoms with Gasteiger partial charge in [0.15, 0.2) is 21.5 Å². The second-order valence-corrected chi connectivity index (χ2v) is 11.2. The number of alkyl halides is 3. The highest BCUT2D eigenvalue weighted by Crippen LogP contribution is 2.36. The zero-order valence-electron chi connectivity index (χ0n) is 19.5. The third-order valence-electron chi connectivity index (χ3n) is 5.69. The zero-order valence-corrected chi connectivity index (χ0v) is 20.4. The molecule has 0 spiro atoms. The zero-order chi connectivity index (χ0) is 26.1. The Morgan fingerprint density at radius 1 is 1.33 bits per heavy atom. The number of nitrogens with one attached hydrogen (secondary N) is 3. The average Bonchev–Trinajstić information content (AvgIpc) is 3.44. The molecule has 3 atom stereocenters. The third kappa shape index (κ3) is 6.86. The van der Waals surface area contributed by atoms with E-state index in [0.717, 1.165) is 11.9 Å². The summed E-state index contributed by atoms with van der Waals surface area (Å²) in [6.07, 6.45) is -0.692. The van der Waals surface area contributed by atoms with E-state index in [1.165, 1.54) is 17.6 Å². The number of fused-ring (bicyclic) bond motifs is 1. The van der Waals surface area contributed by atoms with Gasteiger partial charge in [-0.2, -0.15) is 23.4 Å². The van der Waals surface area contributed by atoms with Crippen molar-refractivity contribution in [3.05, 3.63) is 35.9 Å². The van der Waals surface area contributed by atoms with E-state index in [1.54, 1.807) is 18.3 Å². The molecule has 3 heterocycles. The first-order valence-electron chi connectivity index (χ1n) is 11.2. The molecule has 15 heteroatoms. The van der Waals surface area contributed by atoms with E-state index in [1.807, 2.05) is 0 Å². The van der Waals surface area contributed by atoms with Gasteiger partial charge in [-0.25, -0.2) is 22.7 Å². The Kier molecular flexibility index (Phi) is 7.11. The van der Waals surface area contributed by atoms with Crippen molar-refractivity contribution >= 4 is 33.1 Å². The molecule has 0 aliphatic heterocycles. The fourth-order valence-electron chi connectivity index (χ4n) is 4.25. The van der Waals surface area contributed by atoms with Crippen LogP contribution < -0.4 is 10.6 Å². The van der Waals surface area contributed by atoms with Crippen molar-refractivity contribution in [2.45, 2.75) is 62.6 Å². The molecule has 0 aromatic carbocycles.